The van der Waals surface area contributed by atoms with Crippen LogP contribution in [0.5, 0.6) is 0 Å². The Morgan fingerprint density at radius 3 is 2.73 bits per heavy atom. The third kappa shape index (κ3) is 2.11. The van der Waals surface area contributed by atoms with Gasteiger partial charge in [0.05, 0.1) is 17.8 Å². The molecule has 1 amide bonds. The van der Waals surface area contributed by atoms with Crippen LogP contribution < -0.4 is 0 Å². The lowest BCUT2D eigenvalue weighted by atomic mass is 9.83. The summed E-state index contributed by atoms with van der Waals surface area (Å²) in [5.41, 5.74) is 0.994. The zero-order valence-electron chi connectivity index (χ0n) is 12.6. The first-order chi connectivity index (χ1) is 10.5. The third-order valence-electron chi connectivity index (χ3n) is 5.12. The Labute approximate surface area is 128 Å². The van der Waals surface area contributed by atoms with Crippen LogP contribution in [0.25, 0.3) is 0 Å². The molecule has 120 valence electrons. The van der Waals surface area contributed by atoms with Crippen LogP contribution in [0.2, 0.25) is 0 Å². The SMILES string of the molecule is CC(=N)N1CC[C@H](C2=C(C(=O)O)N3C(=O)[C@@H](CCO)[C@H]3C2)C1. The Hall–Kier alpha value is -1.89. The molecular formula is C15H21N3O4. The van der Waals surface area contributed by atoms with E-state index < -0.39 is 5.97 Å². The number of likely N-dealkylation sites (tertiary alicyclic amines) is 1. The minimum Gasteiger partial charge on any atom is -0.477 e. The molecule has 0 aliphatic carbocycles. The van der Waals surface area contributed by atoms with Gasteiger partial charge in [0.15, 0.2) is 0 Å². The summed E-state index contributed by atoms with van der Waals surface area (Å²) in [4.78, 5) is 27.1. The molecule has 3 rings (SSSR count). The highest BCUT2D eigenvalue weighted by atomic mass is 16.4. The zero-order valence-corrected chi connectivity index (χ0v) is 12.6. The van der Waals surface area contributed by atoms with Crippen LogP contribution in [0.3, 0.4) is 0 Å². The molecule has 0 radical (unpaired) electrons. The fourth-order valence-electron chi connectivity index (χ4n) is 4.00. The average molecular weight is 307 g/mol. The summed E-state index contributed by atoms with van der Waals surface area (Å²) < 4.78 is 0. The quantitative estimate of drug-likeness (QED) is 0.392. The molecule has 3 atom stereocenters. The van der Waals surface area contributed by atoms with E-state index in [4.69, 9.17) is 10.5 Å². The number of carbonyl (C=O) groups excluding carboxylic acids is 1. The van der Waals surface area contributed by atoms with Gasteiger partial charge in [0.1, 0.15) is 5.70 Å². The average Bonchev–Trinajstić information content (AvgIpc) is 3.07. The number of carboxylic acid groups (broad SMARTS) is 1. The van der Waals surface area contributed by atoms with E-state index in [1.165, 1.54) is 4.90 Å². The van der Waals surface area contributed by atoms with E-state index in [-0.39, 0.29) is 36.1 Å². The second-order valence-corrected chi connectivity index (χ2v) is 6.29. The number of rotatable bonds is 4. The molecule has 0 unspecified atom stereocenters. The molecule has 0 aromatic rings. The molecule has 0 bridgehead atoms. The van der Waals surface area contributed by atoms with Crippen LogP contribution >= 0.6 is 0 Å². The maximum Gasteiger partial charge on any atom is 0.352 e. The Bertz CT molecular complexity index is 571. The predicted octanol–water partition coefficient (Wildman–Crippen LogP) is 0.257. The number of aliphatic hydroxyl groups excluding tert-OH is 1. The molecule has 7 heteroatoms. The Kier molecular flexibility index (Phi) is 3.68. The molecule has 0 saturated carbocycles. The van der Waals surface area contributed by atoms with Gasteiger partial charge in [-0.2, -0.15) is 0 Å². The van der Waals surface area contributed by atoms with Gasteiger partial charge >= 0.3 is 5.97 Å². The Morgan fingerprint density at radius 2 is 2.18 bits per heavy atom. The van der Waals surface area contributed by atoms with Crippen LogP contribution in [-0.2, 0) is 9.59 Å². The number of nitrogens with zero attached hydrogens (tertiary/aromatic N) is 2. The molecule has 7 nitrogen and oxygen atoms in total. The third-order valence-corrected chi connectivity index (χ3v) is 5.12. The van der Waals surface area contributed by atoms with Crippen molar-refractivity contribution in [2.45, 2.75) is 32.2 Å². The first-order valence-electron chi connectivity index (χ1n) is 7.66. The summed E-state index contributed by atoms with van der Waals surface area (Å²) in [6.07, 6.45) is 1.81. The largest absolute Gasteiger partial charge is 0.477 e. The highest BCUT2D eigenvalue weighted by Gasteiger charge is 2.55. The van der Waals surface area contributed by atoms with Crippen molar-refractivity contribution in [2.24, 2.45) is 11.8 Å². The van der Waals surface area contributed by atoms with Crippen molar-refractivity contribution in [3.63, 3.8) is 0 Å². The summed E-state index contributed by atoms with van der Waals surface area (Å²) in [6.45, 7) is 3.09. The lowest BCUT2D eigenvalue weighted by molar-refractivity contribution is -0.155. The standard InChI is InChI=1S/C15H21N3O4/c1-8(16)17-4-2-9(7-17)11-6-12-10(3-5-19)14(20)18(12)13(11)15(21)22/h9-10,12,16,19H,2-7H2,1H3,(H,21,22)/t9-,10-,12+/m0/s1. The van der Waals surface area contributed by atoms with Gasteiger partial charge in [0.2, 0.25) is 5.91 Å². The molecule has 3 aliphatic heterocycles. The number of fused-ring (bicyclic) bond motifs is 1. The number of aliphatic carboxylic acids is 1. The molecular weight excluding hydrogens is 286 g/mol. The number of carbonyl (C=O) groups is 2. The van der Waals surface area contributed by atoms with Crippen LogP contribution in [0, 0.1) is 17.2 Å². The zero-order chi connectivity index (χ0) is 16.0. The van der Waals surface area contributed by atoms with Crippen LogP contribution in [0.4, 0.5) is 0 Å². The predicted molar refractivity (Wildman–Crippen MR) is 78.2 cm³/mol. The van der Waals surface area contributed by atoms with E-state index in [2.05, 4.69) is 0 Å². The summed E-state index contributed by atoms with van der Waals surface area (Å²) >= 11 is 0. The molecule has 0 aromatic carbocycles. The summed E-state index contributed by atoms with van der Waals surface area (Å²) in [5.74, 6) is -0.878. The fourth-order valence-corrected chi connectivity index (χ4v) is 4.00. The van der Waals surface area contributed by atoms with Crippen molar-refractivity contribution in [3.8, 4) is 0 Å². The molecule has 2 saturated heterocycles. The minimum atomic E-state index is -1.04. The van der Waals surface area contributed by atoms with Crippen molar-refractivity contribution in [1.82, 2.24) is 9.80 Å². The number of β-lactam (4-membered cyclic amide) rings is 1. The molecule has 3 aliphatic rings. The van der Waals surface area contributed by atoms with Gasteiger partial charge in [-0.1, -0.05) is 0 Å². The topological polar surface area (TPSA) is 105 Å². The van der Waals surface area contributed by atoms with Gasteiger partial charge < -0.3 is 20.0 Å². The molecule has 3 N–H and O–H groups in total. The van der Waals surface area contributed by atoms with E-state index in [1.54, 1.807) is 6.92 Å². The van der Waals surface area contributed by atoms with Crippen molar-refractivity contribution >= 4 is 17.7 Å². The van der Waals surface area contributed by atoms with Crippen molar-refractivity contribution in [3.05, 3.63) is 11.3 Å². The number of hydrogen-bond donors (Lipinski definition) is 3. The van der Waals surface area contributed by atoms with Crippen LogP contribution in [0.15, 0.2) is 11.3 Å². The number of hydrogen-bond acceptors (Lipinski definition) is 4. The van der Waals surface area contributed by atoms with Gasteiger partial charge in [-0.25, -0.2) is 4.79 Å². The normalized spacial score (nSPS) is 30.6. The fraction of sp³-hybridized carbons (Fsp3) is 0.667. The monoisotopic (exact) mass is 307 g/mol. The first-order valence-corrected chi connectivity index (χ1v) is 7.66. The first kappa shape index (κ1) is 15.0. The van der Waals surface area contributed by atoms with E-state index in [0.717, 1.165) is 18.5 Å². The lowest BCUT2D eigenvalue weighted by Crippen LogP contribution is -2.58. The second kappa shape index (κ2) is 5.39. The Morgan fingerprint density at radius 1 is 1.45 bits per heavy atom. The minimum absolute atomic E-state index is 0.0529. The van der Waals surface area contributed by atoms with E-state index in [0.29, 0.717) is 25.2 Å². The smallest absolute Gasteiger partial charge is 0.352 e. The van der Waals surface area contributed by atoms with Crippen molar-refractivity contribution in [2.75, 3.05) is 19.7 Å². The van der Waals surface area contributed by atoms with Crippen LogP contribution in [0.1, 0.15) is 26.2 Å². The van der Waals surface area contributed by atoms with E-state index >= 15 is 0 Å². The summed E-state index contributed by atoms with van der Waals surface area (Å²) in [5, 5.41) is 26.3. The van der Waals surface area contributed by atoms with E-state index in [9.17, 15) is 14.7 Å². The number of amides is 1. The number of carboxylic acids is 1. The second-order valence-electron chi connectivity index (χ2n) is 6.29. The number of amidine groups is 1. The highest BCUT2D eigenvalue weighted by molar-refractivity contribution is 5.99. The maximum atomic E-state index is 12.2. The molecule has 22 heavy (non-hydrogen) atoms. The van der Waals surface area contributed by atoms with Gasteiger partial charge in [-0.05, 0) is 31.8 Å². The van der Waals surface area contributed by atoms with Gasteiger partial charge in [-0.3, -0.25) is 10.2 Å². The van der Waals surface area contributed by atoms with Crippen molar-refractivity contribution in [1.29, 1.82) is 5.41 Å². The molecule has 3 heterocycles. The van der Waals surface area contributed by atoms with Gasteiger partial charge in [0, 0.05) is 25.6 Å². The van der Waals surface area contributed by atoms with Crippen LogP contribution in [-0.4, -0.2) is 63.5 Å². The number of aliphatic hydroxyl groups is 1. The highest BCUT2D eigenvalue weighted by Crippen LogP contribution is 2.47. The van der Waals surface area contributed by atoms with Gasteiger partial charge in [0.25, 0.3) is 0 Å². The molecule has 0 aromatic heterocycles. The lowest BCUT2D eigenvalue weighted by Gasteiger charge is -2.43. The maximum absolute atomic E-state index is 12.2. The number of nitrogens with one attached hydrogen (secondary N) is 1. The van der Waals surface area contributed by atoms with Gasteiger partial charge in [-0.15, -0.1) is 0 Å². The van der Waals surface area contributed by atoms with E-state index in [1.807, 2.05) is 4.90 Å². The Balaban J connectivity index is 1.83. The van der Waals surface area contributed by atoms with Crippen molar-refractivity contribution < 1.29 is 19.8 Å². The summed E-state index contributed by atoms with van der Waals surface area (Å²) in [6, 6.07) is -0.101. The molecule has 2 fully saturated rings. The molecule has 0 spiro atoms. The summed E-state index contributed by atoms with van der Waals surface area (Å²) in [7, 11) is 0.